The first-order valence-electron chi connectivity index (χ1n) is 7.43. The molecule has 0 bridgehead atoms. The molecule has 1 N–H and O–H groups in total. The molecule has 0 saturated heterocycles. The largest absolute Gasteiger partial charge is 0.345 e. The maximum Gasteiger partial charge on any atom is 0.251 e. The smallest absolute Gasteiger partial charge is 0.251 e. The maximum atomic E-state index is 12.1. The Balaban J connectivity index is 2.17. The molecule has 116 valence electrons. The monoisotopic (exact) mass is 300 g/mol. The zero-order chi connectivity index (χ0) is 16.1. The average molecular weight is 300 g/mol. The van der Waals surface area contributed by atoms with Gasteiger partial charge in [-0.1, -0.05) is 13.5 Å². The highest BCUT2D eigenvalue weighted by atomic mass is 16.2. The van der Waals surface area contributed by atoms with Crippen LogP contribution in [0.3, 0.4) is 0 Å². The summed E-state index contributed by atoms with van der Waals surface area (Å²) in [6.07, 6.45) is 3.38. The third-order valence-corrected chi connectivity index (χ3v) is 3.74. The molecular weight excluding hydrogens is 280 g/mol. The molecule has 0 saturated carbocycles. The fourth-order valence-electron chi connectivity index (χ4n) is 2.48. The van der Waals surface area contributed by atoms with Gasteiger partial charge in [-0.2, -0.15) is 0 Å². The van der Waals surface area contributed by atoms with Crippen molar-refractivity contribution in [2.75, 3.05) is 18.0 Å². The predicted molar refractivity (Wildman–Crippen MR) is 84.9 cm³/mol. The Bertz CT molecular complexity index is 622. The van der Waals surface area contributed by atoms with Crippen molar-refractivity contribution in [1.29, 1.82) is 0 Å². The number of amides is 2. The molecule has 1 aromatic carbocycles. The van der Waals surface area contributed by atoms with Gasteiger partial charge < -0.3 is 10.2 Å². The molecule has 5 heteroatoms. The standard InChI is InChI=1S/C17H20N2O3/c1-3-14(20)11-18-17(22)13-7-8-15-12(10-13)6-5-9-19(15)16(21)4-2/h4,7-8,10H,2-3,5-6,9,11H2,1H3,(H,18,22). The van der Waals surface area contributed by atoms with E-state index < -0.39 is 0 Å². The molecule has 1 heterocycles. The number of hydrogen-bond acceptors (Lipinski definition) is 3. The van der Waals surface area contributed by atoms with Crippen molar-refractivity contribution in [2.45, 2.75) is 26.2 Å². The molecule has 22 heavy (non-hydrogen) atoms. The SMILES string of the molecule is C=CC(=O)N1CCCc2cc(C(=O)NCC(=O)CC)ccc21. The second kappa shape index (κ2) is 7.02. The van der Waals surface area contributed by atoms with E-state index in [1.54, 1.807) is 30.0 Å². The zero-order valence-corrected chi connectivity index (χ0v) is 12.7. The highest BCUT2D eigenvalue weighted by Crippen LogP contribution is 2.28. The molecule has 0 aromatic heterocycles. The molecule has 1 aliphatic rings. The number of nitrogens with one attached hydrogen (secondary N) is 1. The van der Waals surface area contributed by atoms with E-state index in [1.807, 2.05) is 0 Å². The first-order valence-corrected chi connectivity index (χ1v) is 7.43. The van der Waals surface area contributed by atoms with E-state index in [9.17, 15) is 14.4 Å². The number of aryl methyl sites for hydroxylation is 1. The van der Waals surface area contributed by atoms with Gasteiger partial charge in [-0.15, -0.1) is 0 Å². The van der Waals surface area contributed by atoms with Crippen molar-refractivity contribution in [2.24, 2.45) is 0 Å². The third-order valence-electron chi connectivity index (χ3n) is 3.74. The normalized spacial score (nSPS) is 13.2. The fraction of sp³-hybridized carbons (Fsp3) is 0.353. The van der Waals surface area contributed by atoms with Crippen LogP contribution in [0.4, 0.5) is 5.69 Å². The van der Waals surface area contributed by atoms with Gasteiger partial charge in [0.15, 0.2) is 5.78 Å². The van der Waals surface area contributed by atoms with Crippen molar-refractivity contribution >= 4 is 23.3 Å². The summed E-state index contributed by atoms with van der Waals surface area (Å²) in [5, 5.41) is 2.62. The minimum atomic E-state index is -0.267. The van der Waals surface area contributed by atoms with Gasteiger partial charge >= 0.3 is 0 Å². The summed E-state index contributed by atoms with van der Waals surface area (Å²) < 4.78 is 0. The van der Waals surface area contributed by atoms with Crippen LogP contribution in [0.5, 0.6) is 0 Å². The molecule has 1 aromatic rings. The Morgan fingerprint density at radius 2 is 2.14 bits per heavy atom. The highest BCUT2D eigenvalue weighted by molar-refractivity contribution is 6.03. The summed E-state index contributed by atoms with van der Waals surface area (Å²) in [7, 11) is 0. The number of rotatable bonds is 5. The Kier molecular flexibility index (Phi) is 5.09. The zero-order valence-electron chi connectivity index (χ0n) is 12.7. The number of Topliss-reactive ketones (excluding diaryl/α,β-unsaturated/α-hetero) is 1. The van der Waals surface area contributed by atoms with Crippen LogP contribution in [-0.2, 0) is 16.0 Å². The number of fused-ring (bicyclic) bond motifs is 1. The van der Waals surface area contributed by atoms with Crippen molar-refractivity contribution in [3.05, 3.63) is 42.0 Å². The van der Waals surface area contributed by atoms with Crippen LogP contribution in [0.15, 0.2) is 30.9 Å². The van der Waals surface area contributed by atoms with Crippen LogP contribution in [0.1, 0.15) is 35.7 Å². The van der Waals surface area contributed by atoms with E-state index in [4.69, 9.17) is 0 Å². The van der Waals surface area contributed by atoms with Gasteiger partial charge in [0.2, 0.25) is 5.91 Å². The minimum absolute atomic E-state index is 0.00550. The lowest BCUT2D eigenvalue weighted by atomic mass is 9.98. The lowest BCUT2D eigenvalue weighted by Crippen LogP contribution is -2.34. The highest BCUT2D eigenvalue weighted by Gasteiger charge is 2.21. The van der Waals surface area contributed by atoms with Crippen molar-refractivity contribution < 1.29 is 14.4 Å². The van der Waals surface area contributed by atoms with Crippen molar-refractivity contribution in [3.63, 3.8) is 0 Å². The summed E-state index contributed by atoms with van der Waals surface area (Å²) in [5.41, 5.74) is 2.31. The second-order valence-corrected chi connectivity index (χ2v) is 5.22. The van der Waals surface area contributed by atoms with Crippen molar-refractivity contribution in [3.8, 4) is 0 Å². The average Bonchev–Trinajstić information content (AvgIpc) is 2.57. The molecular formula is C17H20N2O3. The van der Waals surface area contributed by atoms with E-state index in [-0.39, 0.29) is 24.1 Å². The topological polar surface area (TPSA) is 66.5 Å². The molecule has 2 rings (SSSR count). The van der Waals surface area contributed by atoms with Gasteiger partial charge in [-0.05, 0) is 42.7 Å². The Hall–Kier alpha value is -2.43. The maximum absolute atomic E-state index is 12.1. The number of carbonyl (C=O) groups excluding carboxylic acids is 3. The number of anilines is 1. The molecule has 1 aliphatic heterocycles. The minimum Gasteiger partial charge on any atom is -0.345 e. The summed E-state index contributed by atoms with van der Waals surface area (Å²) >= 11 is 0. The predicted octanol–water partition coefficient (Wildman–Crippen LogP) is 1.86. The van der Waals surface area contributed by atoms with Crippen molar-refractivity contribution in [1.82, 2.24) is 5.32 Å². The van der Waals surface area contributed by atoms with E-state index in [0.29, 0.717) is 18.5 Å². The van der Waals surface area contributed by atoms with E-state index in [1.165, 1.54) is 6.08 Å². The molecule has 0 fully saturated rings. The number of carbonyl (C=O) groups is 3. The van der Waals surface area contributed by atoms with Gasteiger partial charge in [0.05, 0.1) is 6.54 Å². The second-order valence-electron chi connectivity index (χ2n) is 5.22. The molecule has 5 nitrogen and oxygen atoms in total. The van der Waals surface area contributed by atoms with Crippen LogP contribution in [-0.4, -0.2) is 30.7 Å². The van der Waals surface area contributed by atoms with E-state index >= 15 is 0 Å². The van der Waals surface area contributed by atoms with E-state index in [2.05, 4.69) is 11.9 Å². The third kappa shape index (κ3) is 3.42. The molecule has 0 spiro atoms. The molecule has 0 aliphatic carbocycles. The molecule has 2 amide bonds. The van der Waals surface area contributed by atoms with Crippen LogP contribution in [0.2, 0.25) is 0 Å². The van der Waals surface area contributed by atoms with E-state index in [0.717, 1.165) is 24.1 Å². The Morgan fingerprint density at radius 3 is 2.82 bits per heavy atom. The van der Waals surface area contributed by atoms with Crippen LogP contribution in [0, 0.1) is 0 Å². The number of ketones is 1. The summed E-state index contributed by atoms with van der Waals surface area (Å²) in [6.45, 7) is 5.99. The number of hydrogen-bond donors (Lipinski definition) is 1. The van der Waals surface area contributed by atoms with Crippen LogP contribution < -0.4 is 10.2 Å². The first-order chi connectivity index (χ1) is 10.6. The number of nitrogens with zero attached hydrogens (tertiary/aromatic N) is 1. The summed E-state index contributed by atoms with van der Waals surface area (Å²) in [6, 6.07) is 5.26. The Morgan fingerprint density at radius 1 is 1.36 bits per heavy atom. The lowest BCUT2D eigenvalue weighted by molar-refractivity contribution is -0.118. The lowest BCUT2D eigenvalue weighted by Gasteiger charge is -2.28. The van der Waals surface area contributed by atoms with Gasteiger partial charge in [0.1, 0.15) is 0 Å². The van der Waals surface area contributed by atoms with Gasteiger partial charge in [-0.3, -0.25) is 14.4 Å². The summed E-state index contributed by atoms with van der Waals surface area (Å²) in [5.74, 6) is -0.405. The van der Waals surface area contributed by atoms with Crippen LogP contribution in [0.25, 0.3) is 0 Å². The van der Waals surface area contributed by atoms with Gasteiger partial charge in [0.25, 0.3) is 5.91 Å². The molecule has 0 atom stereocenters. The van der Waals surface area contributed by atoms with Gasteiger partial charge in [0, 0.05) is 24.2 Å². The quantitative estimate of drug-likeness (QED) is 0.844. The fourth-order valence-corrected chi connectivity index (χ4v) is 2.48. The molecule has 0 radical (unpaired) electrons. The number of benzene rings is 1. The summed E-state index contributed by atoms with van der Waals surface area (Å²) in [4.78, 5) is 36.9. The molecule has 0 unspecified atom stereocenters. The van der Waals surface area contributed by atoms with Gasteiger partial charge in [-0.25, -0.2) is 0 Å². The Labute approximate surface area is 130 Å². The van der Waals surface area contributed by atoms with Crippen LogP contribution >= 0.6 is 0 Å². The first kappa shape index (κ1) is 15.9.